The van der Waals surface area contributed by atoms with E-state index in [1.165, 1.54) is 0 Å². The minimum atomic E-state index is -0.259. The van der Waals surface area contributed by atoms with Crippen molar-refractivity contribution in [1.82, 2.24) is 0 Å². The Bertz CT molecular complexity index is 687. The summed E-state index contributed by atoms with van der Waals surface area (Å²) in [5.74, 6) is 1.28. The SMILES string of the molecule is COc1ccc(COC(=O)Cc2ccc(OC3CCCCO3)cc2)cc1. The van der Waals surface area contributed by atoms with Crippen LogP contribution < -0.4 is 9.47 Å². The number of ether oxygens (including phenoxy) is 4. The monoisotopic (exact) mass is 356 g/mol. The number of rotatable bonds is 7. The van der Waals surface area contributed by atoms with E-state index in [1.54, 1.807) is 7.11 Å². The van der Waals surface area contributed by atoms with E-state index in [1.807, 2.05) is 48.5 Å². The molecule has 1 aliphatic heterocycles. The van der Waals surface area contributed by atoms with Gasteiger partial charge in [-0.1, -0.05) is 24.3 Å². The number of benzene rings is 2. The first-order valence-corrected chi connectivity index (χ1v) is 8.89. The van der Waals surface area contributed by atoms with Crippen LogP contribution in [0, 0.1) is 0 Å². The van der Waals surface area contributed by atoms with Crippen LogP contribution in [0.4, 0.5) is 0 Å². The first-order chi connectivity index (χ1) is 12.7. The number of carbonyl (C=O) groups is 1. The molecule has 0 N–H and O–H groups in total. The van der Waals surface area contributed by atoms with E-state index in [4.69, 9.17) is 18.9 Å². The van der Waals surface area contributed by atoms with Crippen molar-refractivity contribution < 1.29 is 23.7 Å². The molecule has 1 saturated heterocycles. The fraction of sp³-hybridized carbons (Fsp3) is 0.381. The molecule has 26 heavy (non-hydrogen) atoms. The van der Waals surface area contributed by atoms with Crippen LogP contribution in [0.15, 0.2) is 48.5 Å². The molecule has 138 valence electrons. The zero-order valence-corrected chi connectivity index (χ0v) is 15.0. The molecule has 0 aromatic heterocycles. The van der Waals surface area contributed by atoms with Crippen molar-refractivity contribution in [3.63, 3.8) is 0 Å². The molecule has 1 unspecified atom stereocenters. The Hall–Kier alpha value is -2.53. The van der Waals surface area contributed by atoms with Crippen LogP contribution in [0.5, 0.6) is 11.5 Å². The molecule has 5 heteroatoms. The summed E-state index contributed by atoms with van der Waals surface area (Å²) in [5.41, 5.74) is 1.82. The van der Waals surface area contributed by atoms with Gasteiger partial charge in [0, 0.05) is 6.42 Å². The molecule has 0 saturated carbocycles. The van der Waals surface area contributed by atoms with Crippen molar-refractivity contribution in [2.45, 2.75) is 38.6 Å². The fourth-order valence-electron chi connectivity index (χ4n) is 2.75. The molecular weight excluding hydrogens is 332 g/mol. The van der Waals surface area contributed by atoms with E-state index in [0.29, 0.717) is 0 Å². The van der Waals surface area contributed by atoms with E-state index in [-0.39, 0.29) is 25.3 Å². The molecule has 0 radical (unpaired) electrons. The zero-order valence-electron chi connectivity index (χ0n) is 15.0. The smallest absolute Gasteiger partial charge is 0.310 e. The standard InChI is InChI=1S/C21H24O5/c1-23-18-9-7-17(8-10-18)15-25-20(22)14-16-5-11-19(12-6-16)26-21-4-2-3-13-24-21/h5-12,21H,2-4,13-15H2,1H3. The van der Waals surface area contributed by atoms with Crippen molar-refractivity contribution >= 4 is 5.97 Å². The normalized spacial score (nSPS) is 16.7. The maximum absolute atomic E-state index is 12.0. The zero-order chi connectivity index (χ0) is 18.2. The first kappa shape index (κ1) is 18.3. The van der Waals surface area contributed by atoms with Gasteiger partial charge in [-0.15, -0.1) is 0 Å². The minimum absolute atomic E-state index is 0.163. The molecule has 3 rings (SSSR count). The van der Waals surface area contributed by atoms with Crippen molar-refractivity contribution in [3.8, 4) is 11.5 Å². The van der Waals surface area contributed by atoms with E-state index in [2.05, 4.69) is 0 Å². The van der Waals surface area contributed by atoms with E-state index < -0.39 is 0 Å². The van der Waals surface area contributed by atoms with Gasteiger partial charge in [0.2, 0.25) is 0 Å². The Morgan fingerprint density at radius 2 is 1.69 bits per heavy atom. The third kappa shape index (κ3) is 5.49. The predicted molar refractivity (Wildman–Crippen MR) is 97.2 cm³/mol. The maximum atomic E-state index is 12.0. The molecule has 1 atom stereocenters. The Morgan fingerprint density at radius 1 is 1.00 bits per heavy atom. The lowest BCUT2D eigenvalue weighted by Gasteiger charge is -2.23. The van der Waals surface area contributed by atoms with Gasteiger partial charge >= 0.3 is 5.97 Å². The first-order valence-electron chi connectivity index (χ1n) is 8.89. The topological polar surface area (TPSA) is 54.0 Å². The van der Waals surface area contributed by atoms with E-state index >= 15 is 0 Å². The van der Waals surface area contributed by atoms with Crippen molar-refractivity contribution in [2.75, 3.05) is 13.7 Å². The van der Waals surface area contributed by atoms with Crippen LogP contribution in [0.2, 0.25) is 0 Å². The van der Waals surface area contributed by atoms with Gasteiger partial charge < -0.3 is 18.9 Å². The Labute approximate surface area is 153 Å². The molecular formula is C21H24O5. The summed E-state index contributed by atoms with van der Waals surface area (Å²) >= 11 is 0. The van der Waals surface area contributed by atoms with Crippen molar-refractivity contribution in [3.05, 3.63) is 59.7 Å². The third-order valence-electron chi connectivity index (χ3n) is 4.24. The van der Waals surface area contributed by atoms with Crippen molar-refractivity contribution in [2.24, 2.45) is 0 Å². The summed E-state index contributed by atoms with van der Waals surface area (Å²) in [6, 6.07) is 14.9. The highest BCUT2D eigenvalue weighted by Crippen LogP contribution is 2.20. The number of esters is 1. The highest BCUT2D eigenvalue weighted by molar-refractivity contribution is 5.72. The molecule has 5 nitrogen and oxygen atoms in total. The number of carbonyl (C=O) groups excluding carboxylic acids is 1. The summed E-state index contributed by atoms with van der Waals surface area (Å²) in [4.78, 5) is 12.0. The Morgan fingerprint density at radius 3 is 2.35 bits per heavy atom. The lowest BCUT2D eigenvalue weighted by Crippen LogP contribution is -2.24. The van der Waals surface area contributed by atoms with Crippen LogP contribution >= 0.6 is 0 Å². The summed E-state index contributed by atoms with van der Waals surface area (Å²) in [6.45, 7) is 1.01. The highest BCUT2D eigenvalue weighted by atomic mass is 16.7. The molecule has 2 aromatic carbocycles. The summed E-state index contributed by atoms with van der Waals surface area (Å²) in [7, 11) is 1.62. The minimum Gasteiger partial charge on any atom is -0.497 e. The third-order valence-corrected chi connectivity index (χ3v) is 4.24. The van der Waals surface area contributed by atoms with E-state index in [9.17, 15) is 4.79 Å². The number of hydrogen-bond acceptors (Lipinski definition) is 5. The van der Waals surface area contributed by atoms with Crippen LogP contribution in [0.25, 0.3) is 0 Å². The van der Waals surface area contributed by atoms with Gasteiger partial charge in [0.15, 0.2) is 6.29 Å². The van der Waals surface area contributed by atoms with E-state index in [0.717, 1.165) is 48.5 Å². The Kier molecular flexibility index (Phi) is 6.50. The Balaban J connectivity index is 1.44. The van der Waals surface area contributed by atoms with Crippen LogP contribution in [-0.2, 0) is 27.3 Å². The van der Waals surface area contributed by atoms with Gasteiger partial charge in [-0.05, 0) is 48.2 Å². The largest absolute Gasteiger partial charge is 0.497 e. The second-order valence-electron chi connectivity index (χ2n) is 6.24. The molecule has 1 heterocycles. The molecule has 1 fully saturated rings. The molecule has 0 aliphatic carbocycles. The molecule has 0 amide bonds. The summed E-state index contributed by atoms with van der Waals surface area (Å²) in [5, 5.41) is 0. The van der Waals surface area contributed by atoms with Gasteiger partial charge in [-0.25, -0.2) is 0 Å². The molecule has 1 aliphatic rings. The van der Waals surface area contributed by atoms with Crippen molar-refractivity contribution in [1.29, 1.82) is 0 Å². The molecule has 0 spiro atoms. The maximum Gasteiger partial charge on any atom is 0.310 e. The van der Waals surface area contributed by atoms with Gasteiger partial charge in [0.25, 0.3) is 0 Å². The van der Waals surface area contributed by atoms with Gasteiger partial charge in [-0.3, -0.25) is 4.79 Å². The highest BCUT2D eigenvalue weighted by Gasteiger charge is 2.15. The van der Waals surface area contributed by atoms with Crippen LogP contribution in [-0.4, -0.2) is 26.0 Å². The average Bonchev–Trinajstić information content (AvgIpc) is 2.69. The lowest BCUT2D eigenvalue weighted by atomic mass is 10.1. The second kappa shape index (κ2) is 9.25. The average molecular weight is 356 g/mol. The van der Waals surface area contributed by atoms with Crippen LogP contribution in [0.1, 0.15) is 30.4 Å². The number of methoxy groups -OCH3 is 1. The summed E-state index contributed by atoms with van der Waals surface area (Å²) in [6.07, 6.45) is 3.21. The van der Waals surface area contributed by atoms with Crippen LogP contribution in [0.3, 0.4) is 0 Å². The fourth-order valence-corrected chi connectivity index (χ4v) is 2.75. The molecule has 0 bridgehead atoms. The van der Waals surface area contributed by atoms with Gasteiger partial charge in [0.1, 0.15) is 18.1 Å². The number of hydrogen-bond donors (Lipinski definition) is 0. The molecule has 2 aromatic rings. The summed E-state index contributed by atoms with van der Waals surface area (Å²) < 4.78 is 21.8. The van der Waals surface area contributed by atoms with Gasteiger partial charge in [0.05, 0.1) is 20.1 Å². The second-order valence-corrected chi connectivity index (χ2v) is 6.24. The predicted octanol–water partition coefficient (Wildman–Crippen LogP) is 3.89. The lowest BCUT2D eigenvalue weighted by molar-refractivity contribution is -0.144. The quantitative estimate of drug-likeness (QED) is 0.705. The van der Waals surface area contributed by atoms with Gasteiger partial charge in [-0.2, -0.15) is 0 Å².